The van der Waals surface area contributed by atoms with Gasteiger partial charge in [-0.3, -0.25) is 4.90 Å². The summed E-state index contributed by atoms with van der Waals surface area (Å²) in [5.41, 5.74) is 28.5. The molecule has 1 aliphatic carbocycles. The van der Waals surface area contributed by atoms with Crippen LogP contribution in [0.4, 0.5) is 5.69 Å². The molecule has 12 aromatic rings. The van der Waals surface area contributed by atoms with Crippen molar-refractivity contribution in [3.8, 4) is 23.0 Å². The fraction of sp³-hybridized carbons (Fsp3) is 0.350. The van der Waals surface area contributed by atoms with E-state index < -0.39 is 0 Å². The Balaban J connectivity index is 0.000000145. The number of allylic oxidation sites excluding steroid dienone is 4. The van der Waals surface area contributed by atoms with Crippen LogP contribution in [-0.2, 0) is 0 Å². The molecule has 4 heterocycles. The van der Waals surface area contributed by atoms with E-state index in [-0.39, 0.29) is 49.4 Å². The number of likely N-dealkylation sites (tertiary alicyclic amines) is 3. The van der Waals surface area contributed by atoms with E-state index in [9.17, 15) is 40.9 Å². The van der Waals surface area contributed by atoms with Gasteiger partial charge < -0.3 is 60.5 Å². The van der Waals surface area contributed by atoms with E-state index in [1.54, 1.807) is 36.4 Å². The molecule has 0 aromatic heterocycles. The van der Waals surface area contributed by atoms with Crippen molar-refractivity contribution in [1.82, 2.24) is 19.6 Å². The molecule has 5 fully saturated rings. The van der Waals surface area contributed by atoms with Crippen LogP contribution in [0.5, 0.6) is 23.0 Å². The first-order valence-corrected chi connectivity index (χ1v) is 50.3. The van der Waals surface area contributed by atoms with Gasteiger partial charge in [0.05, 0.1) is 0 Å². The van der Waals surface area contributed by atoms with Crippen molar-refractivity contribution < 1.29 is 40.9 Å². The number of aliphatic hydroxyl groups excluding tert-OH is 4. The van der Waals surface area contributed by atoms with Crippen LogP contribution < -0.4 is 4.90 Å². The molecule has 1 saturated carbocycles. The number of hydrogen-bond acceptors (Lipinski definition) is 13. The monoisotopic (exact) mass is 1820 g/mol. The summed E-state index contributed by atoms with van der Waals surface area (Å²) in [6, 6.07) is 111. The van der Waals surface area contributed by atoms with Crippen molar-refractivity contribution in [3.63, 3.8) is 0 Å². The molecule has 4 aliphatic heterocycles. The van der Waals surface area contributed by atoms with E-state index in [4.69, 9.17) is 0 Å². The Labute approximate surface area is 810 Å². The topological polar surface area (TPSA) is 178 Å². The highest BCUT2D eigenvalue weighted by Crippen LogP contribution is 2.45. The van der Waals surface area contributed by atoms with Gasteiger partial charge in [-0.1, -0.05) is 255 Å². The Bertz CT molecular complexity index is 5470. The lowest BCUT2D eigenvalue weighted by Crippen LogP contribution is -2.48. The molecule has 8 N–H and O–H groups in total. The van der Waals surface area contributed by atoms with E-state index in [0.29, 0.717) is 61.6 Å². The third-order valence-electron chi connectivity index (χ3n) is 28.2. The van der Waals surface area contributed by atoms with Crippen LogP contribution in [0.25, 0.3) is 44.6 Å². The molecule has 0 unspecified atom stereocenters. The number of aliphatic hydroxyl groups is 4. The highest BCUT2D eigenvalue weighted by atomic mass is 16.3. The molecule has 13 nitrogen and oxygen atoms in total. The minimum absolute atomic E-state index is 0.143. The van der Waals surface area contributed by atoms with Crippen LogP contribution in [0.2, 0.25) is 0 Å². The second-order valence-corrected chi connectivity index (χ2v) is 38.3. The summed E-state index contributed by atoms with van der Waals surface area (Å²) in [6.07, 6.45) is 15.9. The summed E-state index contributed by atoms with van der Waals surface area (Å²) >= 11 is 0. The van der Waals surface area contributed by atoms with Gasteiger partial charge in [0.1, 0.15) is 23.0 Å². The Morgan fingerprint density at radius 3 is 0.801 bits per heavy atom. The molecular formula is C123H145N5O8. The molecule has 0 radical (unpaired) electrons. The number of aromatic hydroxyl groups is 4. The van der Waals surface area contributed by atoms with Crippen LogP contribution in [0.3, 0.4) is 0 Å². The zero-order chi connectivity index (χ0) is 95.1. The maximum absolute atomic E-state index is 10.3. The molecule has 0 atom stereocenters. The molecule has 4 saturated heterocycles. The first kappa shape index (κ1) is 100. The predicted octanol–water partition coefficient (Wildman–Crippen LogP) is 25.5. The second-order valence-electron chi connectivity index (χ2n) is 38.3. The molecular weight excluding hydrogens is 1680 g/mol. The van der Waals surface area contributed by atoms with Crippen LogP contribution in [0, 0.1) is 0 Å². The van der Waals surface area contributed by atoms with Gasteiger partial charge >= 0.3 is 0 Å². The van der Waals surface area contributed by atoms with Gasteiger partial charge in [-0.25, -0.2) is 0 Å². The van der Waals surface area contributed by atoms with Gasteiger partial charge in [0.2, 0.25) is 0 Å². The number of benzene rings is 12. The molecule has 17 rings (SSSR count). The van der Waals surface area contributed by atoms with Crippen molar-refractivity contribution in [2.45, 2.75) is 186 Å². The Morgan fingerprint density at radius 1 is 0.243 bits per heavy atom. The Kier molecular flexibility index (Phi) is 37.5. The Hall–Kier alpha value is -11.7. The molecule has 12 aromatic carbocycles. The largest absolute Gasteiger partial charge is 0.508 e. The average molecular weight is 1820 g/mol. The van der Waals surface area contributed by atoms with E-state index in [2.05, 4.69) is 272 Å². The summed E-state index contributed by atoms with van der Waals surface area (Å²) in [5.74, 6) is 2.81. The number of hydrogen-bond donors (Lipinski definition) is 8. The van der Waals surface area contributed by atoms with E-state index in [1.165, 1.54) is 148 Å². The summed E-state index contributed by atoms with van der Waals surface area (Å²) in [7, 11) is 0. The van der Waals surface area contributed by atoms with Gasteiger partial charge in [-0.2, -0.15) is 0 Å². The number of piperidine rings is 3. The maximum Gasteiger partial charge on any atom is 0.116 e. The number of rotatable bonds is 32. The molecule has 5 aliphatic rings. The van der Waals surface area contributed by atoms with Gasteiger partial charge in [-0.15, -0.1) is 0 Å². The normalized spacial score (nSPS) is 16.4. The molecule has 136 heavy (non-hydrogen) atoms. The van der Waals surface area contributed by atoms with Crippen LogP contribution in [-0.4, -0.2) is 176 Å². The molecule has 0 spiro atoms. The van der Waals surface area contributed by atoms with Gasteiger partial charge in [-0.05, 0) is 390 Å². The minimum atomic E-state index is 0.143. The third-order valence-corrected chi connectivity index (χ3v) is 28.2. The minimum Gasteiger partial charge on any atom is -0.508 e. The SMILES string of the molecule is CC(C)N1CCC(c2cccc(/C(=C(/CCCO)c3ccccc3)c3ccc(O)cc3)c2)CC1.CC(C)N1CCC(c2cccc(/C(=C(/CCCO)c3ccccc3)c3cccc(O)c3)c2)CC1.CC(C)N1CCN(c2cccc(/C(=C(/CCCO)c3ccccc3)c3cccc(O)c3)c2)CC1.OCCC/C(=C(\c1ccc(O)cc1)c1cccc(C2CCN(C3CC3)CC2)c1)c1ccccc1. The van der Waals surface area contributed by atoms with Crippen LogP contribution in [0.1, 0.15) is 245 Å². The number of piperazine rings is 1. The standard InChI is InChI=1S/C31H35NO2.2C31H37NO2.C30H36N2O2/c33-21-5-10-30(24-6-2-1-3-7-24)31(25-11-15-29(34)16-12-25)27-9-4-8-26(22-27)23-17-19-32(20-18-23)28-13-14-28;1-23(2)32-18-16-24(17-19-32)26-11-6-12-27(21-26)31(28-13-7-14-29(34)22-28)30(15-8-20-33)25-9-4-3-5-10-25;1-23(2)32-19-17-24(18-20-32)27-10-6-11-28(22-27)31(26-13-15-29(34)16-14-26)30(12-7-21-33)25-8-4-3-5-9-25;1-23(2)31-16-18-32(19-17-31)27-13-6-11-25(21-27)30(26-12-7-14-28(34)22-26)29(15-8-20-33)24-9-4-3-5-10-24/h1-4,6-9,11-12,15-16,22-23,28,33-34H,5,10,13-14,17-21H2;3-7,9-14,21-24,33-34H,8,15-20H2,1-2H3;3-6,8-11,13-16,22-24,33-34H,7,12,17-21H2,1-2H3;3-7,9-14,21-23,33-34H,8,15-20H2,1-2H3/b31-30-;31-30+;31-30-;30-29+. The molecule has 0 bridgehead atoms. The van der Waals surface area contributed by atoms with Crippen LogP contribution >= 0.6 is 0 Å². The molecule has 13 heteroatoms. The zero-order valence-electron chi connectivity index (χ0n) is 81.1. The fourth-order valence-electron chi connectivity index (χ4n) is 20.6. The highest BCUT2D eigenvalue weighted by Gasteiger charge is 2.34. The lowest BCUT2D eigenvalue weighted by molar-refractivity contribution is 0.172. The summed E-state index contributed by atoms with van der Waals surface area (Å²) in [4.78, 5) is 12.8. The van der Waals surface area contributed by atoms with Gasteiger partial charge in [0, 0.05) is 82.5 Å². The lowest BCUT2D eigenvalue weighted by atomic mass is 9.83. The molecule has 0 amide bonds. The summed E-state index contributed by atoms with van der Waals surface area (Å²) in [6.45, 7) is 25.5. The van der Waals surface area contributed by atoms with Crippen molar-refractivity contribution in [1.29, 1.82) is 0 Å². The van der Waals surface area contributed by atoms with Crippen molar-refractivity contribution >= 4 is 50.3 Å². The number of nitrogens with zero attached hydrogens (tertiary/aromatic N) is 5. The summed E-state index contributed by atoms with van der Waals surface area (Å²) < 4.78 is 0. The number of phenolic OH excluding ortho intramolecular Hbond substituents is 4. The van der Waals surface area contributed by atoms with E-state index in [0.717, 1.165) is 134 Å². The van der Waals surface area contributed by atoms with E-state index in [1.807, 2.05) is 72.8 Å². The van der Waals surface area contributed by atoms with Crippen molar-refractivity contribution in [2.24, 2.45) is 0 Å². The average Bonchev–Trinajstić information content (AvgIpc) is 0.919. The van der Waals surface area contributed by atoms with E-state index >= 15 is 0 Å². The number of phenols is 4. The molecule has 710 valence electrons. The van der Waals surface area contributed by atoms with Crippen LogP contribution in [0.15, 0.2) is 315 Å². The lowest BCUT2D eigenvalue weighted by Gasteiger charge is -2.38. The van der Waals surface area contributed by atoms with Gasteiger partial charge in [0.15, 0.2) is 0 Å². The van der Waals surface area contributed by atoms with Crippen molar-refractivity contribution in [2.75, 3.05) is 96.8 Å². The van der Waals surface area contributed by atoms with Gasteiger partial charge in [0.25, 0.3) is 0 Å². The maximum atomic E-state index is 10.3. The third kappa shape index (κ3) is 27.6. The summed E-state index contributed by atoms with van der Waals surface area (Å²) in [5, 5.41) is 79.0. The predicted molar refractivity (Wildman–Crippen MR) is 566 cm³/mol. The zero-order valence-corrected chi connectivity index (χ0v) is 81.1. The second kappa shape index (κ2) is 50.9. The first-order valence-electron chi connectivity index (χ1n) is 50.3. The smallest absolute Gasteiger partial charge is 0.116 e. The Morgan fingerprint density at radius 2 is 0.507 bits per heavy atom. The van der Waals surface area contributed by atoms with Crippen molar-refractivity contribution in [3.05, 3.63) is 399 Å². The quantitative estimate of drug-likeness (QED) is 0.0187. The highest BCUT2D eigenvalue weighted by molar-refractivity contribution is 6.02. The fourth-order valence-corrected chi connectivity index (χ4v) is 20.6. The number of anilines is 1. The first-order chi connectivity index (χ1) is 66.4.